The van der Waals surface area contributed by atoms with Crippen LogP contribution in [0.4, 0.5) is 79.3 Å². The maximum Gasteiger partial charge on any atom is 1.00 e. The van der Waals surface area contributed by atoms with Gasteiger partial charge in [-0.05, 0) is 153 Å². The Morgan fingerprint density at radius 2 is 0.720 bits per heavy atom. The number of carbonyl (C=O) groups excluding carboxylic acids is 6. The Hall–Kier alpha value is -12.4. The van der Waals surface area contributed by atoms with Crippen molar-refractivity contribution in [3.05, 3.63) is 249 Å². The average Bonchev–Trinajstić information content (AvgIpc) is 1.64. The third-order valence-electron chi connectivity index (χ3n) is 21.0. The summed E-state index contributed by atoms with van der Waals surface area (Å²) in [6, 6.07) is 50.0. The standard InChI is InChI=1S/2C29H28ClF3N2O6.C17H12BrClF3NO2.C13H19NO4.C7H9NO2.C6H11BrO2.4CH4.Na.H2O/c1-39-23-14-21(15-24(16-23)40-13-3-2-4-26(36)37)34-27(19-5-8-20(30)9-6-19)28(38)35-12-11-18-7-10-22(17-25(18)35)41-29(31,32)33;1-3-39-26(36)11-13-40-24-15-21(14-23(16-24)38-2)34-27(19-4-7-20(30)8-5-19)28(37)35-12-10-18-6-9-22(17-25(18)35)41-29(31,32)33;18-15(11-1-4-12(19)5-2-11)16(24)23-8-7-10-3-6-13(9-14(10)23)25-17(20,21)22;1-16-11-7-10(14)8-12(9-11)18-6-4-3-5-13(15)17-2;1-10-7-3-5(8)2-6(9)4-7;1-9-6(8)4-2-3-5-7;;;;;;/h5-10,14-17,27,34H,2-4,11-13H2,1H3,(H,36,37);4-9,14-17,27,34H,3,10-13H2,1-2H3;1-6,9,15H,7-8H2;7-9H,3-6,14H2,1-2H3;2-4,9H,8H2,1H3;2-5H2,1H3;4*1H4;;1H2/q;;;;;;;;;;+1;/p-1. The quantitative estimate of drug-likeness (QED) is 0.00398. The van der Waals surface area contributed by atoms with Gasteiger partial charge >= 0.3 is 72.5 Å². The van der Waals surface area contributed by atoms with Gasteiger partial charge in [0.15, 0.2) is 0 Å². The summed E-state index contributed by atoms with van der Waals surface area (Å²) >= 11 is 24.6. The number of rotatable bonds is 38. The maximum absolute atomic E-state index is 14.0. The van der Waals surface area contributed by atoms with Crippen LogP contribution in [-0.4, -0.2) is 170 Å². The number of amides is 3. The molecule has 13 rings (SSSR count). The van der Waals surface area contributed by atoms with E-state index in [1.54, 1.807) is 154 Å². The Balaban J connectivity index is 0.000000648. The van der Waals surface area contributed by atoms with E-state index in [0.717, 1.165) is 47.7 Å². The summed E-state index contributed by atoms with van der Waals surface area (Å²) in [5, 5.41) is 26.7. The summed E-state index contributed by atoms with van der Waals surface area (Å²) in [6.45, 7) is 3.82. The van der Waals surface area contributed by atoms with Gasteiger partial charge in [-0.25, -0.2) is 0 Å². The number of esters is 3. The van der Waals surface area contributed by atoms with Crippen molar-refractivity contribution in [3.63, 3.8) is 0 Å². The van der Waals surface area contributed by atoms with Gasteiger partial charge in [0.2, 0.25) is 5.91 Å². The number of carbonyl (C=O) groups is 7. The largest absolute Gasteiger partial charge is 1.00 e. The number of carboxylic acids is 1. The summed E-state index contributed by atoms with van der Waals surface area (Å²) < 4.78 is 178. The molecule has 30 nitrogen and oxygen atoms in total. The van der Waals surface area contributed by atoms with E-state index in [-0.39, 0.29) is 140 Å². The van der Waals surface area contributed by atoms with Crippen LogP contribution in [0.25, 0.3) is 0 Å². The molecule has 45 heteroatoms. The maximum atomic E-state index is 14.0. The Labute approximate surface area is 920 Å². The average molecular weight is 2310 g/mol. The molecule has 3 atom stereocenters. The van der Waals surface area contributed by atoms with Gasteiger partial charge in [-0.15, -0.1) is 39.5 Å². The number of halogens is 14. The number of phenols is 1. The van der Waals surface area contributed by atoms with Gasteiger partial charge in [-0.2, -0.15) is 0 Å². The van der Waals surface area contributed by atoms with Gasteiger partial charge in [-0.3, -0.25) is 33.6 Å². The van der Waals surface area contributed by atoms with Gasteiger partial charge in [-0.1, -0.05) is 151 Å². The SMILES string of the molecule is C.C.C.C.CCOC(=O)CCOc1cc(NC(C(=O)N2CCc3ccc(OC(F)(F)F)cc32)c2ccc(Cl)cc2)cc(OC)c1.COC(=O)CCCCBr.COC(=O)CCCCOc1cc(N)cc(OC)c1.COc1cc(N)cc(O)c1.COc1cc(NC(C(=O)N2CCc3ccc(OC(F)(F)F)cc32)c2ccc(Cl)cc2)cc(OCCCCC(=O)O)c1.O=C(C(Br)c1ccc(Cl)cc1)N1CCc2ccc(OC(F)(F)F)cc21.[Na+].[OH-]. The van der Waals surface area contributed by atoms with E-state index >= 15 is 0 Å². The third-order valence-corrected chi connectivity index (χ3v) is 23.2. The fraction of sp³-hybridized carbons (Fsp3) is 0.362. The molecule has 150 heavy (non-hydrogen) atoms. The van der Waals surface area contributed by atoms with Crippen molar-refractivity contribution < 1.29 is 180 Å². The van der Waals surface area contributed by atoms with E-state index in [0.29, 0.717) is 170 Å². The first kappa shape index (κ1) is 134. The first-order valence-electron chi connectivity index (χ1n) is 44.5. The Kier molecular flexibility index (Phi) is 59.2. The van der Waals surface area contributed by atoms with Crippen molar-refractivity contribution in [1.82, 2.24) is 0 Å². The second kappa shape index (κ2) is 66.4. The number of ether oxygens (including phenoxy) is 13. The van der Waals surface area contributed by atoms with Crippen LogP contribution >= 0.6 is 66.7 Å². The van der Waals surface area contributed by atoms with E-state index in [4.69, 9.17) is 94.4 Å². The molecule has 816 valence electrons. The van der Waals surface area contributed by atoms with Crippen LogP contribution < -0.4 is 114 Å². The van der Waals surface area contributed by atoms with Crippen molar-refractivity contribution in [3.8, 4) is 63.2 Å². The predicted molar refractivity (Wildman–Crippen MR) is 562 cm³/mol. The fourth-order valence-corrected chi connectivity index (χ4v) is 15.5. The van der Waals surface area contributed by atoms with Gasteiger partial charge in [0.25, 0.3) is 11.8 Å². The number of anilines is 7. The van der Waals surface area contributed by atoms with Crippen LogP contribution in [-0.2, 0) is 67.0 Å². The molecular formula is C105H124Br2Cl3F9N7NaO23. The van der Waals surface area contributed by atoms with Crippen LogP contribution in [0.1, 0.15) is 151 Å². The Bertz CT molecular complexity index is 5880. The first-order valence-corrected chi connectivity index (χ1v) is 47.6. The number of nitrogen functional groups attached to an aromatic ring is 2. The molecule has 3 aliphatic rings. The van der Waals surface area contributed by atoms with E-state index in [2.05, 4.69) is 66.2 Å². The number of unbranched alkanes of at least 4 members (excludes halogenated alkanes) is 3. The molecule has 0 aromatic heterocycles. The minimum Gasteiger partial charge on any atom is -0.870 e. The molecule has 3 unspecified atom stereocenters. The van der Waals surface area contributed by atoms with Crippen molar-refractivity contribution >= 4 is 148 Å². The zero-order valence-electron chi connectivity index (χ0n) is 80.4. The van der Waals surface area contributed by atoms with Crippen LogP contribution in [0.3, 0.4) is 0 Å². The Morgan fingerprint density at radius 3 is 1.07 bits per heavy atom. The number of aliphatic carboxylic acids is 1. The van der Waals surface area contributed by atoms with E-state index in [9.17, 15) is 73.1 Å². The summed E-state index contributed by atoms with van der Waals surface area (Å²) in [5.41, 5.74) is 18.4. The van der Waals surface area contributed by atoms with Gasteiger partial charge in [0.05, 0.1) is 92.6 Å². The number of nitrogens with zero attached hydrogens (tertiary/aromatic N) is 3. The molecule has 3 amide bonds. The third kappa shape index (κ3) is 45.4. The molecule has 3 aliphatic heterocycles. The second-order valence-electron chi connectivity index (χ2n) is 31.3. The van der Waals surface area contributed by atoms with Crippen molar-refractivity contribution in [2.75, 3.05) is 131 Å². The van der Waals surface area contributed by atoms with Crippen LogP contribution in [0, 0.1) is 0 Å². The molecule has 3 heterocycles. The molecule has 0 spiro atoms. The molecule has 9 N–H and O–H groups in total. The second-order valence-corrected chi connectivity index (χ2v) is 34.3. The molecule has 10 aromatic carbocycles. The number of fused-ring (bicyclic) bond motifs is 3. The van der Waals surface area contributed by atoms with Crippen molar-refractivity contribution in [2.45, 2.75) is 156 Å². The number of hydrogen-bond acceptors (Lipinski definition) is 26. The number of hydrogen-bond donors (Lipinski definition) is 6. The molecule has 0 radical (unpaired) electrons. The van der Waals surface area contributed by atoms with Gasteiger partial charge < -0.3 is 114 Å². The van der Waals surface area contributed by atoms with E-state index < -0.39 is 71.2 Å². The predicted octanol–water partition coefficient (Wildman–Crippen LogP) is 22.3. The molecule has 0 fully saturated rings. The van der Waals surface area contributed by atoms with E-state index in [1.807, 2.05) is 0 Å². The molecular weight excluding hydrogens is 2190 g/mol. The Morgan fingerprint density at radius 1 is 0.400 bits per heavy atom. The number of methoxy groups -OCH3 is 6. The molecule has 10 aromatic rings. The monoisotopic (exact) mass is 2310 g/mol. The number of nitrogens with one attached hydrogen (secondary N) is 2. The summed E-state index contributed by atoms with van der Waals surface area (Å²) in [5.74, 6) is -0.0427. The van der Waals surface area contributed by atoms with Gasteiger partial charge in [0, 0.05) is 173 Å². The normalized spacial score (nSPS) is 12.1. The zero-order chi connectivity index (χ0) is 105. The number of alkyl halides is 11. The number of carboxylic acid groups (broad SMARTS) is 1. The molecule has 0 saturated carbocycles. The summed E-state index contributed by atoms with van der Waals surface area (Å²) in [7, 11) is 8.86. The van der Waals surface area contributed by atoms with Crippen LogP contribution in [0.2, 0.25) is 15.1 Å². The topological polar surface area (TPSA) is 396 Å². The number of benzene rings is 10. The van der Waals surface area contributed by atoms with Crippen molar-refractivity contribution in [1.29, 1.82) is 0 Å². The smallest absolute Gasteiger partial charge is 0.870 e. The first-order chi connectivity index (χ1) is 68.5. The molecule has 0 aliphatic carbocycles. The minimum absolute atomic E-state index is 0. The van der Waals surface area contributed by atoms with Crippen LogP contribution in [0.5, 0.6) is 63.2 Å². The van der Waals surface area contributed by atoms with E-state index in [1.165, 1.54) is 111 Å². The van der Waals surface area contributed by atoms with Crippen LogP contribution in [0.15, 0.2) is 200 Å². The van der Waals surface area contributed by atoms with Crippen molar-refractivity contribution in [2.24, 2.45) is 0 Å². The summed E-state index contributed by atoms with van der Waals surface area (Å²) in [6.07, 6.45) is -7.45. The minimum atomic E-state index is -4.86. The number of aromatic hydroxyl groups is 1. The molecule has 0 saturated heterocycles. The fourth-order valence-electron chi connectivity index (χ4n) is 14.2. The number of phenolic OH excluding ortho intramolecular Hbond substituents is 1. The number of nitrogens with two attached hydrogens (primary N) is 2. The molecule has 0 bridgehead atoms. The zero-order valence-corrected chi connectivity index (χ0v) is 87.9. The van der Waals surface area contributed by atoms with Gasteiger partial charge in [0.1, 0.15) is 80.2 Å². The summed E-state index contributed by atoms with van der Waals surface area (Å²) in [4.78, 5) is 88.2.